The third-order valence-electron chi connectivity index (χ3n) is 3.29. The normalized spacial score (nSPS) is 10.7. The Morgan fingerprint density at radius 1 is 1.38 bits per heavy atom. The number of nitrogens with zero attached hydrogens (tertiary/aromatic N) is 2. The van der Waals surface area contributed by atoms with Gasteiger partial charge in [0.05, 0.1) is 24.0 Å². The van der Waals surface area contributed by atoms with E-state index in [1.165, 1.54) is 31.2 Å². The summed E-state index contributed by atoms with van der Waals surface area (Å²) >= 11 is 1.37. The molecule has 0 unspecified atom stereocenters. The van der Waals surface area contributed by atoms with Crippen LogP contribution in [0.5, 0.6) is 11.5 Å². The molecular formula is C17H17N3O5S. The van der Waals surface area contributed by atoms with E-state index in [0.29, 0.717) is 5.56 Å². The number of aryl methyl sites for hydroxylation is 1. The van der Waals surface area contributed by atoms with Crippen LogP contribution in [0.4, 0.5) is 5.69 Å². The summed E-state index contributed by atoms with van der Waals surface area (Å²) < 4.78 is 4.89. The zero-order valence-corrected chi connectivity index (χ0v) is 14.9. The quantitative estimate of drug-likeness (QED) is 0.333. The summed E-state index contributed by atoms with van der Waals surface area (Å²) in [4.78, 5) is 23.0. The maximum atomic E-state index is 11.8. The van der Waals surface area contributed by atoms with E-state index < -0.39 is 16.4 Å². The maximum absolute atomic E-state index is 11.8. The predicted molar refractivity (Wildman–Crippen MR) is 99.0 cm³/mol. The Morgan fingerprint density at radius 3 is 2.69 bits per heavy atom. The Morgan fingerprint density at radius 2 is 2.08 bits per heavy atom. The maximum Gasteiger partial charge on any atom is 0.315 e. The fourth-order valence-corrected chi connectivity index (χ4v) is 2.67. The molecule has 26 heavy (non-hydrogen) atoms. The van der Waals surface area contributed by atoms with Crippen molar-refractivity contribution in [1.82, 2.24) is 5.43 Å². The number of benzene rings is 2. The largest absolute Gasteiger partial charge is 0.500 e. The molecule has 0 bridgehead atoms. The van der Waals surface area contributed by atoms with Crippen LogP contribution in [0.25, 0.3) is 0 Å². The molecule has 0 aliphatic carbocycles. The van der Waals surface area contributed by atoms with Gasteiger partial charge in [0.2, 0.25) is 11.7 Å². The molecule has 136 valence electrons. The minimum absolute atomic E-state index is 0.0538. The summed E-state index contributed by atoms with van der Waals surface area (Å²) in [6.45, 7) is 1.98. The number of carbonyl (C=O) groups is 1. The van der Waals surface area contributed by atoms with E-state index in [0.717, 1.165) is 16.5 Å². The molecule has 0 aromatic heterocycles. The second-order valence-electron chi connectivity index (χ2n) is 5.24. The predicted octanol–water partition coefficient (Wildman–Crippen LogP) is 2.86. The number of nitrogens with one attached hydrogen (secondary N) is 1. The lowest BCUT2D eigenvalue weighted by molar-refractivity contribution is -0.386. The molecule has 2 rings (SSSR count). The highest BCUT2D eigenvalue weighted by Gasteiger charge is 2.19. The van der Waals surface area contributed by atoms with Crippen LogP contribution in [-0.4, -0.2) is 35.0 Å². The van der Waals surface area contributed by atoms with Crippen molar-refractivity contribution in [1.29, 1.82) is 0 Å². The number of thioether (sulfide) groups is 1. The van der Waals surface area contributed by atoms with E-state index >= 15 is 0 Å². The van der Waals surface area contributed by atoms with Gasteiger partial charge in [-0.25, -0.2) is 5.43 Å². The van der Waals surface area contributed by atoms with E-state index in [4.69, 9.17) is 4.74 Å². The Labute approximate surface area is 154 Å². The molecule has 0 radical (unpaired) electrons. The number of aromatic hydroxyl groups is 1. The van der Waals surface area contributed by atoms with E-state index in [9.17, 15) is 20.0 Å². The van der Waals surface area contributed by atoms with Crippen molar-refractivity contribution in [2.24, 2.45) is 5.10 Å². The fraction of sp³-hybridized carbons (Fsp3) is 0.176. The van der Waals surface area contributed by atoms with Crippen molar-refractivity contribution in [3.8, 4) is 11.5 Å². The summed E-state index contributed by atoms with van der Waals surface area (Å²) in [6.07, 6.45) is 1.24. The van der Waals surface area contributed by atoms with Gasteiger partial charge in [0.15, 0.2) is 5.75 Å². The van der Waals surface area contributed by atoms with Crippen molar-refractivity contribution >= 4 is 29.6 Å². The highest BCUT2D eigenvalue weighted by molar-refractivity contribution is 8.00. The number of hydrogen-bond acceptors (Lipinski definition) is 7. The second kappa shape index (κ2) is 8.86. The van der Waals surface area contributed by atoms with Gasteiger partial charge < -0.3 is 9.84 Å². The van der Waals surface area contributed by atoms with Gasteiger partial charge in [0, 0.05) is 16.5 Å². The third-order valence-corrected chi connectivity index (χ3v) is 4.30. The van der Waals surface area contributed by atoms with Crippen molar-refractivity contribution in [2.45, 2.75) is 11.8 Å². The molecule has 0 aliphatic heterocycles. The molecule has 9 heteroatoms. The van der Waals surface area contributed by atoms with Crippen LogP contribution in [0.1, 0.15) is 11.1 Å². The summed E-state index contributed by atoms with van der Waals surface area (Å²) in [5, 5.41) is 24.4. The number of rotatable bonds is 7. The zero-order valence-electron chi connectivity index (χ0n) is 14.1. The molecule has 2 aromatic carbocycles. The number of amides is 1. The number of carbonyl (C=O) groups excluding carboxylic acids is 1. The van der Waals surface area contributed by atoms with Crippen LogP contribution in [0.2, 0.25) is 0 Å². The van der Waals surface area contributed by atoms with Crippen LogP contribution in [-0.2, 0) is 4.79 Å². The average molecular weight is 375 g/mol. The molecular weight excluding hydrogens is 358 g/mol. The van der Waals surface area contributed by atoms with Crippen LogP contribution < -0.4 is 10.2 Å². The topological polar surface area (TPSA) is 114 Å². The van der Waals surface area contributed by atoms with Gasteiger partial charge in [-0.3, -0.25) is 14.9 Å². The molecule has 0 atom stereocenters. The molecule has 0 fully saturated rings. The number of methoxy groups -OCH3 is 1. The summed E-state index contributed by atoms with van der Waals surface area (Å²) in [7, 11) is 1.28. The highest BCUT2D eigenvalue weighted by Crippen LogP contribution is 2.36. The van der Waals surface area contributed by atoms with Crippen molar-refractivity contribution in [3.05, 3.63) is 57.6 Å². The lowest BCUT2D eigenvalue weighted by atomic mass is 10.2. The first-order valence-electron chi connectivity index (χ1n) is 7.47. The van der Waals surface area contributed by atoms with Crippen LogP contribution in [0.15, 0.2) is 46.4 Å². The van der Waals surface area contributed by atoms with Crippen molar-refractivity contribution in [3.63, 3.8) is 0 Å². The van der Waals surface area contributed by atoms with Gasteiger partial charge in [-0.1, -0.05) is 17.7 Å². The number of phenols is 1. The lowest BCUT2D eigenvalue weighted by Crippen LogP contribution is -2.19. The van der Waals surface area contributed by atoms with E-state index in [1.54, 1.807) is 0 Å². The third kappa shape index (κ3) is 5.21. The molecule has 2 aromatic rings. The first kappa shape index (κ1) is 19.3. The van der Waals surface area contributed by atoms with E-state index in [-0.39, 0.29) is 17.4 Å². The van der Waals surface area contributed by atoms with Gasteiger partial charge >= 0.3 is 5.69 Å². The summed E-state index contributed by atoms with van der Waals surface area (Å²) in [6, 6.07) is 10.3. The van der Waals surface area contributed by atoms with Crippen molar-refractivity contribution in [2.75, 3.05) is 12.9 Å². The first-order valence-corrected chi connectivity index (χ1v) is 8.46. The lowest BCUT2D eigenvalue weighted by Gasteiger charge is -2.05. The molecule has 0 spiro atoms. The molecule has 0 saturated carbocycles. The summed E-state index contributed by atoms with van der Waals surface area (Å²) in [5.74, 6) is -0.749. The standard InChI is InChI=1S/C17H17N3O5S/c1-11-3-5-13(6-4-11)26-10-16(21)19-18-9-12-7-14(20(23)24)17(22)15(8-12)25-2/h3-9,22H,10H2,1-2H3,(H,19,21)/b18-9+. The first-order chi connectivity index (χ1) is 12.4. The number of ether oxygens (including phenoxy) is 1. The van der Waals surface area contributed by atoms with E-state index in [1.807, 2.05) is 31.2 Å². The molecule has 8 nitrogen and oxygen atoms in total. The van der Waals surface area contributed by atoms with Gasteiger partial charge in [0.25, 0.3) is 0 Å². The monoisotopic (exact) mass is 375 g/mol. The van der Waals surface area contributed by atoms with Gasteiger partial charge in [-0.2, -0.15) is 5.10 Å². The van der Waals surface area contributed by atoms with Gasteiger partial charge in [0.1, 0.15) is 0 Å². The number of phenolic OH excluding ortho intramolecular Hbond substituents is 1. The van der Waals surface area contributed by atoms with Crippen LogP contribution in [0, 0.1) is 17.0 Å². The molecule has 0 heterocycles. The molecule has 0 aliphatic rings. The average Bonchev–Trinajstić information content (AvgIpc) is 2.62. The van der Waals surface area contributed by atoms with Crippen LogP contribution in [0.3, 0.4) is 0 Å². The van der Waals surface area contributed by atoms with Gasteiger partial charge in [-0.05, 0) is 25.1 Å². The number of nitro groups is 1. The Kier molecular flexibility index (Phi) is 6.56. The molecule has 1 amide bonds. The Bertz CT molecular complexity index is 837. The van der Waals surface area contributed by atoms with Gasteiger partial charge in [-0.15, -0.1) is 11.8 Å². The number of nitro benzene ring substituents is 1. The SMILES string of the molecule is COc1cc(/C=N/NC(=O)CSc2ccc(C)cc2)cc([N+](=O)[O-])c1O. The smallest absolute Gasteiger partial charge is 0.315 e. The highest BCUT2D eigenvalue weighted by atomic mass is 32.2. The van der Waals surface area contributed by atoms with Crippen LogP contribution >= 0.6 is 11.8 Å². The number of hydrogen-bond donors (Lipinski definition) is 2. The zero-order chi connectivity index (χ0) is 19.1. The minimum Gasteiger partial charge on any atom is -0.500 e. The molecule has 2 N–H and O–H groups in total. The Balaban J connectivity index is 1.96. The van der Waals surface area contributed by atoms with Crippen molar-refractivity contribution < 1.29 is 19.6 Å². The second-order valence-corrected chi connectivity index (χ2v) is 6.29. The minimum atomic E-state index is -0.730. The summed E-state index contributed by atoms with van der Waals surface area (Å²) in [5.41, 5.74) is 3.29. The van der Waals surface area contributed by atoms with E-state index in [2.05, 4.69) is 10.5 Å². The molecule has 0 saturated heterocycles. The fourth-order valence-electron chi connectivity index (χ4n) is 1.98. The Hall–Kier alpha value is -3.07. The number of hydrazone groups is 1.